The molecule has 3 aromatic rings. The molecule has 5 heteroatoms. The van der Waals surface area contributed by atoms with Gasteiger partial charge in [0.15, 0.2) is 17.3 Å². The molecule has 0 radical (unpaired) electrons. The Balaban J connectivity index is 2.04. The van der Waals surface area contributed by atoms with Crippen molar-refractivity contribution in [1.82, 2.24) is 4.98 Å². The van der Waals surface area contributed by atoms with Gasteiger partial charge in [0.2, 0.25) is 0 Å². The number of nitrogens with two attached hydrogens (primary N) is 1. The highest BCUT2D eigenvalue weighted by atomic mass is 19.1. The van der Waals surface area contributed by atoms with E-state index in [9.17, 15) is 8.78 Å². The fraction of sp³-hybridized carbons (Fsp3) is 0. The van der Waals surface area contributed by atoms with Crippen LogP contribution >= 0.6 is 0 Å². The second kappa shape index (κ2) is 4.77. The summed E-state index contributed by atoms with van der Waals surface area (Å²) >= 11 is 0. The Hall–Kier alpha value is -2.69. The Morgan fingerprint density at radius 1 is 1.00 bits per heavy atom. The average molecular weight is 272 g/mol. The number of fused-ring (bicyclic) bond motifs is 1. The van der Waals surface area contributed by atoms with Gasteiger partial charge < -0.3 is 10.5 Å². The van der Waals surface area contributed by atoms with E-state index in [1.807, 2.05) is 0 Å². The number of halogens is 2. The van der Waals surface area contributed by atoms with Crippen molar-refractivity contribution >= 4 is 16.6 Å². The zero-order chi connectivity index (χ0) is 14.1. The Kier molecular flexibility index (Phi) is 2.95. The van der Waals surface area contributed by atoms with E-state index < -0.39 is 11.6 Å². The van der Waals surface area contributed by atoms with Crippen molar-refractivity contribution in [1.29, 1.82) is 0 Å². The van der Waals surface area contributed by atoms with Gasteiger partial charge in [0.1, 0.15) is 5.82 Å². The molecule has 1 aromatic heterocycles. The number of rotatable bonds is 2. The Bertz CT molecular complexity index is 790. The molecule has 1 heterocycles. The lowest BCUT2D eigenvalue weighted by Crippen LogP contribution is -1.96. The van der Waals surface area contributed by atoms with Crippen molar-refractivity contribution in [2.24, 2.45) is 0 Å². The number of aromatic nitrogens is 1. The first-order valence-electron chi connectivity index (χ1n) is 5.91. The number of hydrogen-bond donors (Lipinski definition) is 1. The van der Waals surface area contributed by atoms with E-state index in [0.29, 0.717) is 16.8 Å². The molecule has 0 aliphatic carbocycles. The van der Waals surface area contributed by atoms with Crippen molar-refractivity contribution < 1.29 is 13.5 Å². The first kappa shape index (κ1) is 12.3. The maximum Gasteiger partial charge on any atom is 0.168 e. The van der Waals surface area contributed by atoms with Crippen LogP contribution in [0.4, 0.5) is 14.5 Å². The Labute approximate surface area is 113 Å². The van der Waals surface area contributed by atoms with Crippen LogP contribution < -0.4 is 10.5 Å². The zero-order valence-electron chi connectivity index (χ0n) is 10.3. The van der Waals surface area contributed by atoms with Crippen molar-refractivity contribution in [2.75, 3.05) is 5.73 Å². The lowest BCUT2D eigenvalue weighted by atomic mass is 10.1. The molecule has 0 saturated carbocycles. The van der Waals surface area contributed by atoms with Gasteiger partial charge in [-0.05, 0) is 36.4 Å². The van der Waals surface area contributed by atoms with Crippen LogP contribution in [0.3, 0.4) is 0 Å². The summed E-state index contributed by atoms with van der Waals surface area (Å²) in [4.78, 5) is 4.16. The molecule has 3 rings (SSSR count). The third-order valence-electron chi connectivity index (χ3n) is 2.90. The van der Waals surface area contributed by atoms with Crippen LogP contribution in [0.25, 0.3) is 10.9 Å². The second-order valence-corrected chi connectivity index (χ2v) is 4.22. The van der Waals surface area contributed by atoms with Crippen LogP contribution in [0, 0.1) is 11.6 Å². The topological polar surface area (TPSA) is 48.1 Å². The SMILES string of the molecule is Nc1c(Oc2ccc(F)cc2F)ccc2ncccc12. The summed E-state index contributed by atoms with van der Waals surface area (Å²) in [5, 5.41) is 0.715. The monoisotopic (exact) mass is 272 g/mol. The van der Waals surface area contributed by atoms with E-state index in [2.05, 4.69) is 4.98 Å². The van der Waals surface area contributed by atoms with Gasteiger partial charge in [0, 0.05) is 17.6 Å². The first-order chi connectivity index (χ1) is 9.65. The summed E-state index contributed by atoms with van der Waals surface area (Å²) in [6.45, 7) is 0. The standard InChI is InChI=1S/C15H10F2N2O/c16-9-3-5-13(11(17)8-9)20-14-6-4-12-10(15(14)18)2-1-7-19-12/h1-8H,18H2. The van der Waals surface area contributed by atoms with Gasteiger partial charge in [-0.15, -0.1) is 0 Å². The summed E-state index contributed by atoms with van der Waals surface area (Å²) in [5.41, 5.74) is 7.07. The zero-order valence-corrected chi connectivity index (χ0v) is 10.3. The molecule has 3 nitrogen and oxygen atoms in total. The number of ether oxygens (including phenoxy) is 1. The van der Waals surface area contributed by atoms with E-state index in [4.69, 9.17) is 10.5 Å². The second-order valence-electron chi connectivity index (χ2n) is 4.22. The van der Waals surface area contributed by atoms with Crippen LogP contribution in [0.5, 0.6) is 11.5 Å². The van der Waals surface area contributed by atoms with Crippen LogP contribution in [0.2, 0.25) is 0 Å². The van der Waals surface area contributed by atoms with Gasteiger partial charge in [-0.25, -0.2) is 8.78 Å². The van der Waals surface area contributed by atoms with Crippen molar-refractivity contribution in [2.45, 2.75) is 0 Å². The van der Waals surface area contributed by atoms with E-state index in [0.717, 1.165) is 17.6 Å². The van der Waals surface area contributed by atoms with Crippen LogP contribution in [-0.4, -0.2) is 4.98 Å². The minimum Gasteiger partial charge on any atom is -0.452 e. The lowest BCUT2D eigenvalue weighted by molar-refractivity contribution is 0.440. The molecular formula is C15H10F2N2O. The van der Waals surface area contributed by atoms with Gasteiger partial charge in [-0.3, -0.25) is 4.98 Å². The summed E-state index contributed by atoms with van der Waals surface area (Å²) < 4.78 is 31.8. The predicted molar refractivity (Wildman–Crippen MR) is 72.6 cm³/mol. The molecule has 100 valence electrons. The van der Waals surface area contributed by atoms with E-state index in [1.54, 1.807) is 30.5 Å². The lowest BCUT2D eigenvalue weighted by Gasteiger charge is -2.11. The third-order valence-corrected chi connectivity index (χ3v) is 2.90. The maximum atomic E-state index is 13.6. The fourth-order valence-corrected chi connectivity index (χ4v) is 1.92. The molecule has 0 bridgehead atoms. The number of nitrogens with zero attached hydrogens (tertiary/aromatic N) is 1. The molecule has 2 aromatic carbocycles. The van der Waals surface area contributed by atoms with Crippen LogP contribution in [0.15, 0.2) is 48.7 Å². The number of nitrogen functional groups attached to an aromatic ring is 1. The van der Waals surface area contributed by atoms with E-state index in [1.165, 1.54) is 6.07 Å². The number of anilines is 1. The van der Waals surface area contributed by atoms with Gasteiger partial charge in [-0.1, -0.05) is 0 Å². The molecule has 0 aliphatic heterocycles. The summed E-state index contributed by atoms with van der Waals surface area (Å²) in [7, 11) is 0. The highest BCUT2D eigenvalue weighted by molar-refractivity contribution is 5.93. The summed E-state index contributed by atoms with van der Waals surface area (Å²) in [6, 6.07) is 9.98. The Morgan fingerprint density at radius 3 is 2.60 bits per heavy atom. The number of pyridine rings is 1. The van der Waals surface area contributed by atoms with Crippen molar-refractivity contribution in [3.8, 4) is 11.5 Å². The molecular weight excluding hydrogens is 262 g/mol. The minimum absolute atomic E-state index is 0.0821. The molecule has 2 N–H and O–H groups in total. The van der Waals surface area contributed by atoms with Crippen LogP contribution in [0.1, 0.15) is 0 Å². The third kappa shape index (κ3) is 2.14. The number of benzene rings is 2. The first-order valence-corrected chi connectivity index (χ1v) is 5.91. The van der Waals surface area contributed by atoms with Crippen molar-refractivity contribution in [3.05, 3.63) is 60.3 Å². The van der Waals surface area contributed by atoms with Crippen LogP contribution in [-0.2, 0) is 0 Å². The minimum atomic E-state index is -0.782. The normalized spacial score (nSPS) is 10.7. The van der Waals surface area contributed by atoms with Crippen molar-refractivity contribution in [3.63, 3.8) is 0 Å². The van der Waals surface area contributed by atoms with E-state index >= 15 is 0 Å². The molecule has 0 spiro atoms. The maximum absolute atomic E-state index is 13.6. The highest BCUT2D eigenvalue weighted by Crippen LogP contribution is 2.33. The molecule has 0 unspecified atom stereocenters. The van der Waals surface area contributed by atoms with Gasteiger partial charge in [0.05, 0.1) is 11.2 Å². The highest BCUT2D eigenvalue weighted by Gasteiger charge is 2.10. The summed E-state index contributed by atoms with van der Waals surface area (Å²) in [5.74, 6) is -1.22. The largest absolute Gasteiger partial charge is 0.452 e. The number of hydrogen-bond acceptors (Lipinski definition) is 3. The average Bonchev–Trinajstić information content (AvgIpc) is 2.45. The predicted octanol–water partition coefficient (Wildman–Crippen LogP) is 3.89. The molecule has 0 amide bonds. The molecule has 0 saturated heterocycles. The molecule has 0 aliphatic rings. The summed E-state index contributed by atoms with van der Waals surface area (Å²) in [6.07, 6.45) is 1.65. The molecule has 20 heavy (non-hydrogen) atoms. The Morgan fingerprint density at radius 2 is 1.80 bits per heavy atom. The molecule has 0 fully saturated rings. The smallest absolute Gasteiger partial charge is 0.168 e. The molecule has 0 atom stereocenters. The quantitative estimate of drug-likeness (QED) is 0.720. The van der Waals surface area contributed by atoms with Gasteiger partial charge in [0.25, 0.3) is 0 Å². The fourth-order valence-electron chi connectivity index (χ4n) is 1.92. The van der Waals surface area contributed by atoms with Gasteiger partial charge in [-0.2, -0.15) is 0 Å². The van der Waals surface area contributed by atoms with Gasteiger partial charge >= 0.3 is 0 Å². The van der Waals surface area contributed by atoms with E-state index in [-0.39, 0.29) is 5.75 Å².